The van der Waals surface area contributed by atoms with Gasteiger partial charge in [0, 0.05) is 241 Å². The van der Waals surface area contributed by atoms with E-state index in [-0.39, 0.29) is 209 Å². The van der Waals surface area contributed by atoms with E-state index in [1.165, 1.54) is 86.5 Å². The summed E-state index contributed by atoms with van der Waals surface area (Å²) < 4.78 is 0. The van der Waals surface area contributed by atoms with E-state index >= 15 is 0 Å². The van der Waals surface area contributed by atoms with E-state index in [4.69, 9.17) is 0 Å². The first-order valence-corrected chi connectivity index (χ1v) is 45.1. The number of hydrogen-bond acceptors (Lipinski definition) is 36. The van der Waals surface area contributed by atoms with E-state index in [0.717, 1.165) is 0 Å². The molecule has 4 rings (SSSR count). The molecular formula is C81H140N24O32. The van der Waals surface area contributed by atoms with Crippen LogP contribution in [0.25, 0.3) is 0 Å². The van der Waals surface area contributed by atoms with Crippen LogP contribution >= 0.6 is 0 Å². The highest BCUT2D eigenvalue weighted by Crippen LogP contribution is 2.17. The number of carboxylic acid groups (broad SMARTS) is 12. The molecule has 776 valence electrons. The van der Waals surface area contributed by atoms with Crippen molar-refractivity contribution in [3.8, 4) is 0 Å². The van der Waals surface area contributed by atoms with Crippen LogP contribution in [-0.4, -0.2) is 623 Å². The number of hydrogen-bond donors (Lipinski definition) is 20. The fourth-order valence-corrected chi connectivity index (χ4v) is 15.6. The van der Waals surface area contributed by atoms with Gasteiger partial charge in [-0.1, -0.05) is 0 Å². The number of nitrogens with zero attached hydrogens (tertiary/aromatic N) is 16. The van der Waals surface area contributed by atoms with Gasteiger partial charge in [0.2, 0.25) is 47.3 Å². The minimum absolute atomic E-state index is 0.00177. The second-order valence-electron chi connectivity index (χ2n) is 34.4. The van der Waals surface area contributed by atoms with Crippen molar-refractivity contribution < 1.29 is 157 Å². The lowest BCUT2D eigenvalue weighted by Crippen LogP contribution is -2.59. The summed E-state index contributed by atoms with van der Waals surface area (Å²) in [6, 6.07) is -4.54. The molecule has 137 heavy (non-hydrogen) atoms. The molecule has 0 aromatic carbocycles. The summed E-state index contributed by atoms with van der Waals surface area (Å²) in [5.74, 6) is -21.4. The SMILES string of the molecule is C[C@H](C(=O)NCC(=O)NCC(CNC(=O)CNC(=O)[C@@H](C)N1CCN(CC(=O)O)CCN(CC(=O)O)CCN(CC(=O)O)CC1)(CNC(=O)CNC(=O)[C@@H](C)N1CCN(CC(=O)O)CCN(CC(=O)O)CCN(CC(=O)O)CC1)CNC(=O)CNC(=O)[C@H](C)N1CCN(CC(=O)O)CCN(CC(=O)O)CCN(CC(=O)O)CC1)N1CCN(CC(=O)O)CCN(CC(=O)O)CCN(CC(=O)O)CC1. The smallest absolute Gasteiger partial charge is 0.317 e. The lowest BCUT2D eigenvalue weighted by atomic mass is 9.86. The lowest BCUT2D eigenvalue weighted by Gasteiger charge is -2.36. The Kier molecular flexibility index (Phi) is 53.9. The molecule has 20 N–H and O–H groups in total. The topological polar surface area (TPSA) is 732 Å². The molecule has 0 radical (unpaired) electrons. The van der Waals surface area contributed by atoms with Crippen molar-refractivity contribution in [3.63, 3.8) is 0 Å². The second kappa shape index (κ2) is 62.6. The quantitative estimate of drug-likeness (QED) is 0.0269. The molecular weight excluding hydrogens is 1820 g/mol. The van der Waals surface area contributed by atoms with E-state index < -0.39 is 279 Å². The predicted molar refractivity (Wildman–Crippen MR) is 480 cm³/mol. The van der Waals surface area contributed by atoms with Crippen molar-refractivity contribution in [1.29, 1.82) is 0 Å². The maximum absolute atomic E-state index is 14.5. The molecule has 56 nitrogen and oxygen atoms in total. The van der Waals surface area contributed by atoms with Crippen molar-refractivity contribution in [2.45, 2.75) is 51.9 Å². The molecule has 4 atom stereocenters. The zero-order valence-corrected chi connectivity index (χ0v) is 78.3. The first kappa shape index (κ1) is 118. The highest BCUT2D eigenvalue weighted by Gasteiger charge is 2.37. The van der Waals surface area contributed by atoms with Gasteiger partial charge in [0.1, 0.15) is 0 Å². The standard InChI is InChI=1S/C81H140N24O32/c1-57(102-29-21-94(45-69(118)119)13-5-90(41-65(110)111)6-14-95(22-30-102)46-70(120)121)77(134)82-37-61(106)86-53-81(54-87-62(107)38-83-78(135)58(2)103-31-23-96(47-71(122)123)15-7-91(42-66(112)113)8-16-97(24-32-103)48-72(124)125,55-88-63(108)39-84-79(136)59(3)104-33-25-98(49-73(126)127)17-9-92(43-67(114)115)10-18-99(26-34-104)50-74(128)129)56-89-64(109)40-85-80(137)60(4)105-35-27-100(51-75(130)131)19-11-93(44-68(116)117)12-20-101(28-36-105)52-76(132)133/h57-60H,5-56H2,1-4H3,(H,82,134)(H,83,135)(H,84,136)(H,85,137)(H,86,106)(H,87,107)(H,88,108)(H,89,109)(H,110,111)(H,112,113)(H,114,115)(H,116,117)(H,118,119)(H,120,121)(H,122,123)(H,124,125)(H,126,127)(H,128,129)(H,130,131)(H,132,133)/t57-,58-,59-,60+/m1/s1. The maximum atomic E-state index is 14.5. The number of aliphatic carboxylic acids is 12. The number of rotatable bonds is 48. The van der Waals surface area contributed by atoms with E-state index in [1.54, 1.807) is 19.6 Å². The minimum Gasteiger partial charge on any atom is -0.480 e. The van der Waals surface area contributed by atoms with Gasteiger partial charge < -0.3 is 104 Å². The van der Waals surface area contributed by atoms with Crippen molar-refractivity contribution >= 4 is 119 Å². The van der Waals surface area contributed by atoms with Gasteiger partial charge in [-0.3, -0.25) is 174 Å². The third-order valence-corrected chi connectivity index (χ3v) is 23.8. The van der Waals surface area contributed by atoms with Gasteiger partial charge in [0.05, 0.1) is 129 Å². The Hall–Kier alpha value is -11.2. The Bertz CT molecular complexity index is 3390. The van der Waals surface area contributed by atoms with Crippen LogP contribution in [0.3, 0.4) is 0 Å². The van der Waals surface area contributed by atoms with Gasteiger partial charge in [-0.15, -0.1) is 0 Å². The highest BCUT2D eigenvalue weighted by molar-refractivity contribution is 5.90. The van der Waals surface area contributed by atoms with Crippen molar-refractivity contribution in [2.75, 3.05) is 340 Å². The molecule has 4 fully saturated rings. The fourth-order valence-electron chi connectivity index (χ4n) is 15.6. The molecule has 0 unspecified atom stereocenters. The largest absolute Gasteiger partial charge is 0.480 e. The van der Waals surface area contributed by atoms with Crippen molar-refractivity contribution in [1.82, 2.24) is 121 Å². The van der Waals surface area contributed by atoms with E-state index in [9.17, 15) is 157 Å². The summed E-state index contributed by atoms with van der Waals surface area (Å²) in [5.41, 5.74) is -1.89. The Morgan fingerprint density at radius 2 is 0.285 bits per heavy atom. The number of carbonyl (C=O) groups excluding carboxylic acids is 8. The van der Waals surface area contributed by atoms with E-state index in [1.807, 2.05) is 0 Å². The Labute approximate surface area is 791 Å². The summed E-state index contributed by atoms with van der Waals surface area (Å²) in [7, 11) is 0. The van der Waals surface area contributed by atoms with Gasteiger partial charge in [0.25, 0.3) is 0 Å². The summed E-state index contributed by atoms with van der Waals surface area (Å²) >= 11 is 0. The van der Waals surface area contributed by atoms with Gasteiger partial charge in [-0.2, -0.15) is 0 Å². The first-order valence-electron chi connectivity index (χ1n) is 45.1. The first-order chi connectivity index (χ1) is 64.6. The average Bonchev–Trinajstić information content (AvgIpc) is 0.844. The zero-order chi connectivity index (χ0) is 102. The molecule has 4 aliphatic heterocycles. The third kappa shape index (κ3) is 50.6. The number of carboxylic acids is 12. The summed E-state index contributed by atoms with van der Waals surface area (Å²) in [6.45, 7) is -5.00. The third-order valence-electron chi connectivity index (χ3n) is 23.8. The molecule has 4 heterocycles. The van der Waals surface area contributed by atoms with E-state index in [0.29, 0.717) is 0 Å². The molecule has 0 spiro atoms. The Morgan fingerprint density at radius 3 is 0.387 bits per heavy atom. The Morgan fingerprint density at radius 1 is 0.182 bits per heavy atom. The van der Waals surface area contributed by atoms with Crippen molar-refractivity contribution in [2.24, 2.45) is 5.41 Å². The molecule has 0 aromatic rings. The van der Waals surface area contributed by atoms with Crippen LogP contribution in [0.5, 0.6) is 0 Å². The average molecular weight is 1960 g/mol. The minimum atomic E-state index is -1.89. The summed E-state index contributed by atoms with van der Waals surface area (Å²) in [4.78, 5) is 284. The van der Waals surface area contributed by atoms with Crippen LogP contribution < -0.4 is 42.5 Å². The molecule has 8 amide bonds. The molecule has 0 aliphatic carbocycles. The molecule has 56 heteroatoms. The fraction of sp³-hybridized carbons (Fsp3) is 0.753. The zero-order valence-electron chi connectivity index (χ0n) is 78.3. The highest BCUT2D eigenvalue weighted by atomic mass is 16.4. The van der Waals surface area contributed by atoms with Gasteiger partial charge in [-0.05, 0) is 27.7 Å². The van der Waals surface area contributed by atoms with Crippen LogP contribution in [0.4, 0.5) is 0 Å². The monoisotopic (exact) mass is 1960 g/mol. The number of carbonyl (C=O) groups is 20. The van der Waals surface area contributed by atoms with E-state index in [2.05, 4.69) is 42.5 Å². The lowest BCUT2D eigenvalue weighted by molar-refractivity contribution is -0.141. The number of nitrogens with one attached hydrogen (secondary N) is 8. The normalized spacial score (nSPS) is 19.2. The van der Waals surface area contributed by atoms with Crippen LogP contribution in [0.15, 0.2) is 0 Å². The molecule has 0 aromatic heterocycles. The van der Waals surface area contributed by atoms with Crippen molar-refractivity contribution in [3.05, 3.63) is 0 Å². The second-order valence-corrected chi connectivity index (χ2v) is 34.4. The van der Waals surface area contributed by atoms with Crippen LogP contribution in [0.2, 0.25) is 0 Å². The predicted octanol–water partition coefficient (Wildman–Crippen LogP) is -13.6. The van der Waals surface area contributed by atoms with Crippen LogP contribution in [-0.2, 0) is 95.9 Å². The van der Waals surface area contributed by atoms with Gasteiger partial charge >= 0.3 is 71.6 Å². The van der Waals surface area contributed by atoms with Crippen LogP contribution in [0.1, 0.15) is 27.7 Å². The maximum Gasteiger partial charge on any atom is 0.317 e. The van der Waals surface area contributed by atoms with Gasteiger partial charge in [-0.25, -0.2) is 0 Å². The summed E-state index contributed by atoms with van der Waals surface area (Å²) in [6.07, 6.45) is 0. The summed E-state index contributed by atoms with van der Waals surface area (Å²) in [5, 5.41) is 138. The molecule has 4 aliphatic rings. The Balaban J connectivity index is 1.81. The van der Waals surface area contributed by atoms with Crippen LogP contribution in [0, 0.1) is 5.41 Å². The molecule has 0 saturated carbocycles. The van der Waals surface area contributed by atoms with Gasteiger partial charge in [0.15, 0.2) is 0 Å². The molecule has 4 saturated heterocycles. The molecule has 0 bridgehead atoms. The number of amides is 8.